The number of methoxy groups -OCH3 is 1. The van der Waals surface area contributed by atoms with E-state index in [9.17, 15) is 4.79 Å². The third kappa shape index (κ3) is 3.90. The van der Waals surface area contributed by atoms with Crippen LogP contribution in [0.5, 0.6) is 23.0 Å². The monoisotopic (exact) mass is 416 g/mol. The summed E-state index contributed by atoms with van der Waals surface area (Å²) in [6.07, 6.45) is 1.60. The van der Waals surface area contributed by atoms with E-state index in [0.29, 0.717) is 39.7 Å². The van der Waals surface area contributed by atoms with E-state index in [4.69, 9.17) is 31.2 Å². The Kier molecular flexibility index (Phi) is 5.36. The topological polar surface area (TPSA) is 69.6 Å². The van der Waals surface area contributed by atoms with Crippen LogP contribution in [0.15, 0.2) is 41.5 Å². The molecular weight excluding hydrogens is 400 g/mol. The lowest BCUT2D eigenvalue weighted by Gasteiger charge is -2.12. The molecule has 9 heteroatoms. The maximum absolute atomic E-state index is 11.8. The van der Waals surface area contributed by atoms with Crippen molar-refractivity contribution in [3.63, 3.8) is 0 Å². The minimum absolute atomic E-state index is 0.119. The first-order chi connectivity index (χ1) is 13.6. The first-order valence-electron chi connectivity index (χ1n) is 8.37. The van der Waals surface area contributed by atoms with E-state index in [2.05, 4.69) is 5.10 Å². The van der Waals surface area contributed by atoms with Gasteiger partial charge in [0.15, 0.2) is 15.8 Å². The third-order valence-corrected chi connectivity index (χ3v) is 5.43. The Morgan fingerprint density at radius 1 is 1.25 bits per heavy atom. The molecule has 4 rings (SSSR count). The van der Waals surface area contributed by atoms with E-state index in [1.807, 2.05) is 30.3 Å². The molecule has 0 saturated carbocycles. The van der Waals surface area contributed by atoms with E-state index in [-0.39, 0.29) is 12.7 Å². The van der Waals surface area contributed by atoms with E-state index >= 15 is 0 Å². The highest BCUT2D eigenvalue weighted by atomic mass is 32.2. The lowest BCUT2D eigenvalue weighted by Crippen LogP contribution is -2.22. The quantitative estimate of drug-likeness (QED) is 0.529. The van der Waals surface area contributed by atoms with Crippen LogP contribution in [0.3, 0.4) is 0 Å². The fourth-order valence-corrected chi connectivity index (χ4v) is 3.67. The van der Waals surface area contributed by atoms with Crippen molar-refractivity contribution < 1.29 is 23.7 Å². The molecule has 0 atom stereocenters. The molecule has 2 heterocycles. The van der Waals surface area contributed by atoms with Gasteiger partial charge < -0.3 is 18.9 Å². The average Bonchev–Trinajstić information content (AvgIpc) is 3.30. The Bertz CT molecular complexity index is 947. The minimum Gasteiger partial charge on any atom is -0.496 e. The number of carbonyl (C=O) groups excluding carboxylic acids is 1. The van der Waals surface area contributed by atoms with Crippen LogP contribution >= 0.6 is 24.0 Å². The Morgan fingerprint density at radius 2 is 2.11 bits per heavy atom. The Hall–Kier alpha value is -2.78. The molecule has 2 aliphatic rings. The number of benzene rings is 2. The van der Waals surface area contributed by atoms with Crippen LogP contribution in [0.2, 0.25) is 0 Å². The number of nitrogens with zero attached hydrogens (tertiary/aromatic N) is 2. The van der Waals surface area contributed by atoms with Crippen molar-refractivity contribution >= 4 is 40.4 Å². The Balaban J connectivity index is 1.49. The van der Waals surface area contributed by atoms with Crippen molar-refractivity contribution in [2.75, 3.05) is 19.7 Å². The maximum Gasteiger partial charge on any atom is 0.259 e. The molecule has 2 aromatic carbocycles. The molecule has 2 aliphatic heterocycles. The number of ether oxygens (including phenoxy) is 4. The zero-order chi connectivity index (χ0) is 19.5. The van der Waals surface area contributed by atoms with Gasteiger partial charge in [-0.1, -0.05) is 24.0 Å². The van der Waals surface area contributed by atoms with Crippen LogP contribution in [0.25, 0.3) is 0 Å². The molecule has 2 aromatic rings. The number of hydrogen-bond donors (Lipinski definition) is 0. The highest BCUT2D eigenvalue weighted by molar-refractivity contribution is 8.23. The summed E-state index contributed by atoms with van der Waals surface area (Å²) in [6.45, 7) is 0.511. The smallest absolute Gasteiger partial charge is 0.259 e. The summed E-state index contributed by atoms with van der Waals surface area (Å²) in [4.78, 5) is 11.8. The Labute approximate surface area is 171 Å². The van der Waals surface area contributed by atoms with Gasteiger partial charge >= 0.3 is 0 Å². The number of rotatable bonds is 6. The van der Waals surface area contributed by atoms with Crippen LogP contribution < -0.4 is 18.9 Å². The molecule has 7 nitrogen and oxygen atoms in total. The summed E-state index contributed by atoms with van der Waals surface area (Å²) >= 11 is 6.43. The van der Waals surface area contributed by atoms with Crippen molar-refractivity contribution in [1.82, 2.24) is 5.01 Å². The van der Waals surface area contributed by atoms with Crippen molar-refractivity contribution in [2.24, 2.45) is 5.10 Å². The SMILES string of the molecule is COc1ccc(C=NN2C(=O)CSC2=S)cc1COc1ccc2c(c1)OCO2. The second-order valence-electron chi connectivity index (χ2n) is 5.88. The first kappa shape index (κ1) is 18.6. The van der Waals surface area contributed by atoms with Gasteiger partial charge in [0.25, 0.3) is 5.91 Å². The van der Waals surface area contributed by atoms with Crippen molar-refractivity contribution in [3.8, 4) is 23.0 Å². The van der Waals surface area contributed by atoms with E-state index in [0.717, 1.165) is 11.1 Å². The summed E-state index contributed by atoms with van der Waals surface area (Å²) in [5.41, 5.74) is 1.64. The zero-order valence-electron chi connectivity index (χ0n) is 14.9. The first-order valence-corrected chi connectivity index (χ1v) is 9.76. The molecule has 0 N–H and O–H groups in total. The number of fused-ring (bicyclic) bond motifs is 1. The van der Waals surface area contributed by atoms with E-state index in [1.54, 1.807) is 19.4 Å². The number of hydrogen-bond acceptors (Lipinski definition) is 8. The molecule has 1 fully saturated rings. The number of thiocarbonyl (C=S) groups is 1. The molecule has 0 aliphatic carbocycles. The number of hydrazone groups is 1. The largest absolute Gasteiger partial charge is 0.496 e. The van der Waals surface area contributed by atoms with Crippen LogP contribution in [0.1, 0.15) is 11.1 Å². The van der Waals surface area contributed by atoms with E-state index in [1.165, 1.54) is 16.8 Å². The highest BCUT2D eigenvalue weighted by Gasteiger charge is 2.26. The molecule has 0 radical (unpaired) electrons. The predicted octanol–water partition coefficient (Wildman–Crippen LogP) is 3.20. The van der Waals surface area contributed by atoms with Gasteiger partial charge in [0.1, 0.15) is 18.1 Å². The Morgan fingerprint density at radius 3 is 2.89 bits per heavy atom. The van der Waals surface area contributed by atoms with Crippen LogP contribution in [0, 0.1) is 0 Å². The third-order valence-electron chi connectivity index (χ3n) is 4.09. The van der Waals surface area contributed by atoms with Crippen LogP contribution in [0.4, 0.5) is 0 Å². The van der Waals surface area contributed by atoms with Crippen molar-refractivity contribution in [3.05, 3.63) is 47.5 Å². The van der Waals surface area contributed by atoms with E-state index < -0.39 is 0 Å². The fourth-order valence-electron chi connectivity index (χ4n) is 2.70. The molecule has 144 valence electrons. The molecule has 0 spiro atoms. The molecule has 1 saturated heterocycles. The lowest BCUT2D eigenvalue weighted by atomic mass is 10.1. The van der Waals surface area contributed by atoms with Crippen LogP contribution in [-0.4, -0.2) is 41.1 Å². The summed E-state index contributed by atoms with van der Waals surface area (Å²) in [6, 6.07) is 11.0. The average molecular weight is 416 g/mol. The number of carbonyl (C=O) groups is 1. The van der Waals surface area contributed by atoms with Gasteiger partial charge in [0.05, 0.1) is 19.1 Å². The van der Waals surface area contributed by atoms with Crippen LogP contribution in [-0.2, 0) is 11.4 Å². The molecule has 0 aromatic heterocycles. The van der Waals surface area contributed by atoms with Gasteiger partial charge in [-0.2, -0.15) is 10.1 Å². The zero-order valence-corrected chi connectivity index (χ0v) is 16.5. The van der Waals surface area contributed by atoms with Crippen molar-refractivity contribution in [2.45, 2.75) is 6.61 Å². The standard InChI is InChI=1S/C19H16N2O5S2/c1-23-15-4-2-12(8-20-21-18(22)10-28-19(21)27)6-13(15)9-24-14-3-5-16-17(7-14)26-11-25-16/h2-8H,9-11H2,1H3. The molecule has 28 heavy (non-hydrogen) atoms. The fraction of sp³-hybridized carbons (Fsp3) is 0.211. The summed E-state index contributed by atoms with van der Waals surface area (Å²) < 4.78 is 22.4. The minimum atomic E-state index is -0.119. The summed E-state index contributed by atoms with van der Waals surface area (Å²) in [5, 5.41) is 5.44. The molecule has 0 bridgehead atoms. The predicted molar refractivity (Wildman–Crippen MR) is 109 cm³/mol. The number of thioether (sulfide) groups is 1. The van der Waals surface area contributed by atoms with Gasteiger partial charge in [-0.15, -0.1) is 0 Å². The van der Waals surface area contributed by atoms with Gasteiger partial charge in [-0.25, -0.2) is 0 Å². The van der Waals surface area contributed by atoms with Gasteiger partial charge in [0.2, 0.25) is 6.79 Å². The lowest BCUT2D eigenvalue weighted by molar-refractivity contribution is -0.123. The van der Waals surface area contributed by atoms with Gasteiger partial charge in [0, 0.05) is 11.6 Å². The maximum atomic E-state index is 11.8. The second kappa shape index (κ2) is 8.07. The van der Waals surface area contributed by atoms with Gasteiger partial charge in [-0.3, -0.25) is 4.79 Å². The van der Waals surface area contributed by atoms with Gasteiger partial charge in [-0.05, 0) is 35.9 Å². The molecular formula is C19H16N2O5S2. The summed E-state index contributed by atoms with van der Waals surface area (Å²) in [5.74, 6) is 2.93. The number of amides is 1. The highest BCUT2D eigenvalue weighted by Crippen LogP contribution is 2.35. The van der Waals surface area contributed by atoms with Crippen molar-refractivity contribution in [1.29, 1.82) is 0 Å². The molecule has 1 amide bonds. The second-order valence-corrected chi connectivity index (χ2v) is 7.49. The normalized spacial score (nSPS) is 15.5. The molecule has 0 unspecified atom stereocenters. The summed E-state index contributed by atoms with van der Waals surface area (Å²) in [7, 11) is 1.60.